The summed E-state index contributed by atoms with van der Waals surface area (Å²) in [7, 11) is 1.90. The summed E-state index contributed by atoms with van der Waals surface area (Å²) < 4.78 is 45.2. The average Bonchev–Trinajstić information content (AvgIpc) is 2.43. The van der Waals surface area contributed by atoms with E-state index >= 15 is 0 Å². The number of Topliss-reactive ketones (excluding diaryl/α,β-unsaturated/α-hetero) is 2. The molecule has 1 atom stereocenters. The third-order valence-corrected chi connectivity index (χ3v) is 4.11. The van der Waals surface area contributed by atoms with Gasteiger partial charge in [0, 0.05) is 11.8 Å². The molecule has 0 N–H and O–H groups in total. The summed E-state index contributed by atoms with van der Waals surface area (Å²) in [4.78, 5) is 36.5. The van der Waals surface area contributed by atoms with Gasteiger partial charge in [-0.3, -0.25) is 14.5 Å². The fraction of sp³-hybridized carbons (Fsp3) is 0.688. The van der Waals surface area contributed by atoms with Crippen molar-refractivity contribution >= 4 is 17.5 Å². The predicted octanol–water partition coefficient (Wildman–Crippen LogP) is 2.30. The van der Waals surface area contributed by atoms with Crippen molar-refractivity contribution in [3.63, 3.8) is 0 Å². The van der Waals surface area contributed by atoms with Crippen molar-refractivity contribution in [2.75, 3.05) is 20.7 Å². The van der Waals surface area contributed by atoms with Crippen LogP contribution in [-0.2, 0) is 19.1 Å². The molecule has 5 nitrogen and oxygen atoms in total. The number of carbonyl (C=O) groups is 3. The first-order valence-corrected chi connectivity index (χ1v) is 7.42. The van der Waals surface area contributed by atoms with Crippen LogP contribution in [-0.4, -0.2) is 54.9 Å². The molecule has 0 aromatic rings. The Labute approximate surface area is 138 Å². The number of methoxy groups -OCH3 is 1. The van der Waals surface area contributed by atoms with Gasteiger partial charge in [-0.1, -0.05) is 20.8 Å². The van der Waals surface area contributed by atoms with Crippen LogP contribution in [0.3, 0.4) is 0 Å². The van der Waals surface area contributed by atoms with Gasteiger partial charge in [0.05, 0.1) is 13.7 Å². The van der Waals surface area contributed by atoms with E-state index < -0.39 is 35.4 Å². The van der Waals surface area contributed by atoms with Crippen LogP contribution in [0, 0.1) is 5.41 Å². The van der Waals surface area contributed by atoms with Crippen molar-refractivity contribution in [1.29, 1.82) is 0 Å². The van der Waals surface area contributed by atoms with Crippen molar-refractivity contribution < 1.29 is 32.3 Å². The molecule has 1 aliphatic heterocycles. The minimum atomic E-state index is -4.96. The fourth-order valence-corrected chi connectivity index (χ4v) is 2.50. The second kappa shape index (κ2) is 6.66. The lowest BCUT2D eigenvalue weighted by atomic mass is 9.83. The normalized spacial score (nSPS) is 23.0. The second-order valence-electron chi connectivity index (χ2n) is 6.88. The summed E-state index contributed by atoms with van der Waals surface area (Å²) >= 11 is 0. The molecule has 1 aliphatic rings. The van der Waals surface area contributed by atoms with Gasteiger partial charge in [-0.25, -0.2) is 4.79 Å². The van der Waals surface area contributed by atoms with E-state index in [-0.39, 0.29) is 24.2 Å². The SMILES string of the molecule is COC(=O)C1(C(F)(F)F)C=C(CCC(=O)C(C)(C)C)C(=O)CN1C. The van der Waals surface area contributed by atoms with E-state index in [2.05, 4.69) is 4.74 Å². The first-order chi connectivity index (χ1) is 10.8. The van der Waals surface area contributed by atoms with E-state index in [0.717, 1.165) is 14.2 Å². The third-order valence-electron chi connectivity index (χ3n) is 4.11. The lowest BCUT2D eigenvalue weighted by Crippen LogP contribution is -2.65. The quantitative estimate of drug-likeness (QED) is 0.729. The Morgan fingerprint density at radius 2 is 1.83 bits per heavy atom. The Balaban J connectivity index is 3.26. The molecule has 0 spiro atoms. The highest BCUT2D eigenvalue weighted by Crippen LogP contribution is 2.41. The maximum atomic E-state index is 13.6. The van der Waals surface area contributed by atoms with Gasteiger partial charge in [0.2, 0.25) is 5.54 Å². The smallest absolute Gasteiger partial charge is 0.421 e. The number of hydrogen-bond donors (Lipinski definition) is 0. The summed E-state index contributed by atoms with van der Waals surface area (Å²) in [6.07, 6.45) is -4.58. The Bertz CT molecular complexity index is 575. The van der Waals surface area contributed by atoms with Crippen molar-refractivity contribution in [1.82, 2.24) is 4.90 Å². The fourth-order valence-electron chi connectivity index (χ4n) is 2.50. The summed E-state index contributed by atoms with van der Waals surface area (Å²) in [5.74, 6) is -2.22. The molecule has 1 unspecified atom stereocenters. The number of esters is 1. The summed E-state index contributed by atoms with van der Waals surface area (Å²) in [5.41, 5.74) is -3.85. The van der Waals surface area contributed by atoms with E-state index in [1.165, 1.54) is 0 Å². The molecule has 0 aliphatic carbocycles. The molecule has 136 valence electrons. The second-order valence-corrected chi connectivity index (χ2v) is 6.88. The van der Waals surface area contributed by atoms with Gasteiger partial charge >= 0.3 is 12.1 Å². The van der Waals surface area contributed by atoms with Gasteiger partial charge < -0.3 is 4.74 Å². The Kier molecular flexibility index (Phi) is 5.65. The van der Waals surface area contributed by atoms with Crippen LogP contribution in [0.4, 0.5) is 13.2 Å². The molecular formula is C16H22F3NO4. The van der Waals surface area contributed by atoms with Gasteiger partial charge in [0.1, 0.15) is 5.78 Å². The number of ether oxygens (including phenoxy) is 1. The van der Waals surface area contributed by atoms with E-state index in [1.54, 1.807) is 20.8 Å². The standard InChI is InChI=1S/C16H22F3NO4/c1-14(2,3)12(22)7-6-10-8-15(13(23)24-5,16(17,18)19)20(4)9-11(10)21/h8H,6-7,9H2,1-5H3. The Hall–Kier alpha value is -1.70. The third kappa shape index (κ3) is 3.68. The van der Waals surface area contributed by atoms with Crippen LogP contribution >= 0.6 is 0 Å². The van der Waals surface area contributed by atoms with Crippen molar-refractivity contribution in [3.05, 3.63) is 11.6 Å². The molecule has 0 aromatic carbocycles. The lowest BCUT2D eigenvalue weighted by molar-refractivity contribution is -0.223. The van der Waals surface area contributed by atoms with Crippen molar-refractivity contribution in [2.45, 2.75) is 45.3 Å². The molecule has 1 rings (SSSR count). The largest absolute Gasteiger partial charge is 0.467 e. The first kappa shape index (κ1) is 20.3. The molecule has 24 heavy (non-hydrogen) atoms. The molecule has 0 saturated heterocycles. The molecule has 0 bridgehead atoms. The summed E-state index contributed by atoms with van der Waals surface area (Å²) in [6, 6.07) is 0. The predicted molar refractivity (Wildman–Crippen MR) is 80.2 cm³/mol. The molecule has 0 aromatic heterocycles. The number of rotatable bonds is 4. The van der Waals surface area contributed by atoms with Gasteiger partial charge in [0.25, 0.3) is 0 Å². The number of hydrogen-bond acceptors (Lipinski definition) is 5. The first-order valence-electron chi connectivity index (χ1n) is 7.42. The van der Waals surface area contributed by atoms with E-state index in [9.17, 15) is 27.6 Å². The van der Waals surface area contributed by atoms with E-state index in [4.69, 9.17) is 0 Å². The highest BCUT2D eigenvalue weighted by Gasteiger charge is 2.64. The topological polar surface area (TPSA) is 63.7 Å². The monoisotopic (exact) mass is 349 g/mol. The Morgan fingerprint density at radius 3 is 2.25 bits per heavy atom. The Morgan fingerprint density at radius 1 is 1.29 bits per heavy atom. The highest BCUT2D eigenvalue weighted by molar-refractivity contribution is 6.01. The molecule has 8 heteroatoms. The van der Waals surface area contributed by atoms with Crippen molar-refractivity contribution in [3.8, 4) is 0 Å². The van der Waals surface area contributed by atoms with Crippen LogP contribution in [0.2, 0.25) is 0 Å². The van der Waals surface area contributed by atoms with Crippen LogP contribution in [0.25, 0.3) is 0 Å². The van der Waals surface area contributed by atoms with Gasteiger partial charge in [0.15, 0.2) is 5.78 Å². The summed E-state index contributed by atoms with van der Waals surface area (Å²) in [5, 5.41) is 0. The van der Waals surface area contributed by atoms with Crippen LogP contribution < -0.4 is 0 Å². The maximum absolute atomic E-state index is 13.6. The molecule has 0 amide bonds. The van der Waals surface area contributed by atoms with Crippen LogP contribution in [0.1, 0.15) is 33.6 Å². The molecule has 0 radical (unpaired) electrons. The zero-order valence-corrected chi connectivity index (χ0v) is 14.4. The average molecular weight is 349 g/mol. The minimum absolute atomic E-state index is 0.0695. The number of ketones is 2. The highest BCUT2D eigenvalue weighted by atomic mass is 19.4. The molecule has 0 fully saturated rings. The number of nitrogens with zero attached hydrogens (tertiary/aromatic N) is 1. The van der Waals surface area contributed by atoms with E-state index in [1.807, 2.05) is 0 Å². The summed E-state index contributed by atoms with van der Waals surface area (Å²) in [6.45, 7) is 4.49. The van der Waals surface area contributed by atoms with Crippen LogP contribution in [0.5, 0.6) is 0 Å². The van der Waals surface area contributed by atoms with Gasteiger partial charge in [-0.05, 0) is 25.1 Å². The molecule has 0 saturated carbocycles. The zero-order valence-electron chi connectivity index (χ0n) is 14.4. The van der Waals surface area contributed by atoms with Gasteiger partial charge in [-0.2, -0.15) is 13.2 Å². The number of alkyl halides is 3. The lowest BCUT2D eigenvalue weighted by Gasteiger charge is -2.41. The van der Waals surface area contributed by atoms with Gasteiger partial charge in [-0.15, -0.1) is 0 Å². The number of carbonyl (C=O) groups excluding carboxylic acids is 3. The molecular weight excluding hydrogens is 327 g/mol. The number of likely N-dealkylation sites (N-methyl/N-ethyl adjacent to an activating group) is 1. The van der Waals surface area contributed by atoms with Crippen LogP contribution in [0.15, 0.2) is 11.6 Å². The zero-order chi connectivity index (χ0) is 18.9. The number of halogens is 3. The minimum Gasteiger partial charge on any atom is -0.467 e. The van der Waals surface area contributed by atoms with E-state index in [0.29, 0.717) is 11.0 Å². The maximum Gasteiger partial charge on any atom is 0.421 e. The van der Waals surface area contributed by atoms with Crippen molar-refractivity contribution in [2.24, 2.45) is 5.41 Å². The molecule has 1 heterocycles.